The molecular weight excluding hydrogens is 340 g/mol. The summed E-state index contributed by atoms with van der Waals surface area (Å²) in [6.45, 7) is 0. The summed E-state index contributed by atoms with van der Waals surface area (Å²) in [5.41, 5.74) is 0. The van der Waals surface area contributed by atoms with Crippen LogP contribution in [0.4, 0.5) is 0 Å². The summed E-state index contributed by atoms with van der Waals surface area (Å²) >= 11 is -3.69. The fourth-order valence-corrected chi connectivity index (χ4v) is 0. The van der Waals surface area contributed by atoms with E-state index in [0.717, 1.165) is 0 Å². The van der Waals surface area contributed by atoms with E-state index in [1.807, 2.05) is 0 Å². The molecule has 0 saturated heterocycles. The van der Waals surface area contributed by atoms with Gasteiger partial charge < -0.3 is 0 Å². The summed E-state index contributed by atoms with van der Waals surface area (Å²) in [4.78, 5) is 0. The van der Waals surface area contributed by atoms with E-state index in [0.29, 0.717) is 0 Å². The molecule has 0 fully saturated rings. The molecule has 0 spiro atoms. The third-order valence-electron chi connectivity index (χ3n) is 0. The van der Waals surface area contributed by atoms with E-state index >= 15 is 0 Å². The maximum atomic E-state index is 8.67. The zero-order chi connectivity index (χ0) is 3.58. The topological polar surface area (TPSA) is 54.4 Å². The Labute approximate surface area is 106 Å². The minimum absolute atomic E-state index is 0. The maximum absolute atomic E-state index is 8.67. The summed E-state index contributed by atoms with van der Waals surface area (Å²) < 4.78 is 24.4. The minimum Gasteiger partial charge on any atom is 0 e. The largest absolute Gasteiger partial charge is 0 e. The van der Waals surface area contributed by atoms with Gasteiger partial charge in [0.05, 0.1) is 0 Å². The van der Waals surface area contributed by atoms with Crippen LogP contribution in [0, 0.1) is 49.4 Å². The Hall–Kier alpha value is 2.83. The van der Waals surface area contributed by atoms with Gasteiger partial charge in [-0.25, -0.2) is 0 Å². The van der Waals surface area contributed by atoms with E-state index < -0.39 is 15.4 Å². The standard InChI is InChI=1S/Eu.H2O.2O.V.Y/h;1H2;;;;/q;;;;+1;/p-1. The van der Waals surface area contributed by atoms with Crippen LogP contribution in [0.5, 0.6) is 0 Å². The zero-order valence-corrected chi connectivity index (χ0v) is 9.33. The number of hydrogen-bond acceptors (Lipinski definition) is 2. The smallest absolute Gasteiger partial charge is 0 e. The van der Waals surface area contributed by atoms with Crippen molar-refractivity contribution in [2.45, 2.75) is 0 Å². The maximum Gasteiger partial charge on any atom is 0 e. The molecule has 3 nitrogen and oxygen atoms in total. The van der Waals surface area contributed by atoms with Gasteiger partial charge in [0.25, 0.3) is 0 Å². The van der Waals surface area contributed by atoms with Gasteiger partial charge in [-0.05, 0) is 0 Å². The fraction of sp³-hybridized carbons (Fsp3) is 0. The molecule has 0 bridgehead atoms. The van der Waals surface area contributed by atoms with Crippen LogP contribution in [-0.2, 0) is 55.5 Å². The summed E-state index contributed by atoms with van der Waals surface area (Å²) in [6, 6.07) is 0. The molecule has 0 aliphatic carbocycles. The van der Waals surface area contributed by atoms with Gasteiger partial charge in [-0.15, -0.1) is 0 Å². The third-order valence-corrected chi connectivity index (χ3v) is 0. The van der Waals surface area contributed by atoms with Gasteiger partial charge in [0.1, 0.15) is 0 Å². The minimum atomic E-state index is -3.69. The zero-order valence-electron chi connectivity index (χ0n) is 2.67. The van der Waals surface area contributed by atoms with Crippen LogP contribution < -0.4 is 0 Å². The molecule has 1 N–H and O–H groups in total. The molecule has 6 heavy (non-hydrogen) atoms. The number of rotatable bonds is 0. The van der Waals surface area contributed by atoms with Crippen LogP contribution >= 0.6 is 0 Å². The van der Waals surface area contributed by atoms with Crippen molar-refractivity contribution in [1.29, 1.82) is 0 Å². The predicted octanol–water partition coefficient (Wildman–Crippen LogP) is -0.800. The second-order valence-corrected chi connectivity index (χ2v) is 0.981. The monoisotopic (exact) mass is 342 g/mol. The average molecular weight is 341 g/mol. The van der Waals surface area contributed by atoms with Crippen LogP contribution in [0.25, 0.3) is 0 Å². The molecule has 0 unspecified atom stereocenters. The van der Waals surface area contributed by atoms with Crippen LogP contribution in [0.2, 0.25) is 0 Å². The van der Waals surface area contributed by atoms with Crippen molar-refractivity contribution in [3.63, 3.8) is 0 Å². The van der Waals surface area contributed by atoms with Crippen LogP contribution in [-0.4, -0.2) is 4.03 Å². The molecule has 0 aliphatic heterocycles. The molecule has 0 rings (SSSR count). The Morgan fingerprint density at radius 3 is 1.33 bits per heavy atom. The van der Waals surface area contributed by atoms with Crippen molar-refractivity contribution in [3.8, 4) is 0 Å². The molecule has 6 heteroatoms. The van der Waals surface area contributed by atoms with Crippen molar-refractivity contribution in [3.05, 3.63) is 0 Å². The molecule has 0 saturated carbocycles. The molecule has 34 valence electrons. The Kier molecular flexibility index (Phi) is 28.5. The average Bonchev–Trinajstić information content (AvgIpc) is 0.811. The van der Waals surface area contributed by atoms with Gasteiger partial charge >= 0.3 is 26.8 Å². The molecule has 0 heterocycles. The van der Waals surface area contributed by atoms with Crippen molar-refractivity contribution in [2.24, 2.45) is 0 Å². The fourth-order valence-electron chi connectivity index (χ4n) is 0. The first-order chi connectivity index (χ1) is 1.73. The molecule has 2 radical (unpaired) electrons. The quantitative estimate of drug-likeness (QED) is 0.628. The summed E-state index contributed by atoms with van der Waals surface area (Å²) in [7, 11) is 0. The van der Waals surface area contributed by atoms with Gasteiger partial charge in [0.2, 0.25) is 0 Å². The molecule has 0 aromatic rings. The Morgan fingerprint density at radius 1 is 1.33 bits per heavy atom. The van der Waals surface area contributed by atoms with Crippen LogP contribution in [0.3, 0.4) is 0 Å². The summed E-state index contributed by atoms with van der Waals surface area (Å²) in [6.07, 6.45) is 0. The molecule has 0 atom stereocenters. The Bertz CT molecular complexity index is 59.2. The summed E-state index contributed by atoms with van der Waals surface area (Å²) in [5.74, 6) is 0. The molecule has 0 amide bonds. The number of hydrogen-bond donors (Lipinski definition) is 1. The van der Waals surface area contributed by atoms with Gasteiger partial charge in [0, 0.05) is 82.1 Å². The van der Waals surface area contributed by atoms with Crippen LogP contribution in [0.15, 0.2) is 0 Å². The summed E-state index contributed by atoms with van der Waals surface area (Å²) in [5, 5.41) is 0. The van der Waals surface area contributed by atoms with E-state index in [9.17, 15) is 0 Å². The molecular formula is HEuO3VY. The van der Waals surface area contributed by atoms with Gasteiger partial charge in [-0.3, -0.25) is 0 Å². The first kappa shape index (κ1) is 15.9. The van der Waals surface area contributed by atoms with Gasteiger partial charge in [-0.1, -0.05) is 0 Å². The van der Waals surface area contributed by atoms with Crippen molar-refractivity contribution >= 4 is 0 Å². The van der Waals surface area contributed by atoms with Crippen molar-refractivity contribution < 1.29 is 109 Å². The molecule has 0 aromatic heterocycles. The van der Waals surface area contributed by atoms with Gasteiger partial charge in [-0.2, -0.15) is 0 Å². The Balaban J connectivity index is -0.0000000450. The van der Waals surface area contributed by atoms with Crippen molar-refractivity contribution in [2.75, 3.05) is 0 Å². The van der Waals surface area contributed by atoms with E-state index in [-0.39, 0.29) is 82.1 Å². The second kappa shape index (κ2) is 10.7. The second-order valence-electron chi connectivity index (χ2n) is 0.238. The van der Waals surface area contributed by atoms with E-state index in [1.54, 1.807) is 0 Å². The van der Waals surface area contributed by atoms with E-state index in [1.165, 1.54) is 0 Å². The molecule has 0 aromatic carbocycles. The van der Waals surface area contributed by atoms with Crippen molar-refractivity contribution in [1.82, 2.24) is 0 Å². The Morgan fingerprint density at radius 2 is 1.33 bits per heavy atom. The van der Waals surface area contributed by atoms with E-state index in [4.69, 9.17) is 11.4 Å². The van der Waals surface area contributed by atoms with Crippen LogP contribution in [0.1, 0.15) is 0 Å². The first-order valence-electron chi connectivity index (χ1n) is 0.565. The van der Waals surface area contributed by atoms with E-state index in [2.05, 4.69) is 0 Å². The SMILES string of the molecule is [Eu].[O]=[V](=[O])[OH].[Y]. The molecule has 0 aliphatic rings. The third kappa shape index (κ3) is 29.0. The predicted molar refractivity (Wildman–Crippen MR) is 3.59 cm³/mol. The van der Waals surface area contributed by atoms with Gasteiger partial charge in [0.15, 0.2) is 0 Å². The normalized spacial score (nSPS) is 4.17. The first-order valence-corrected chi connectivity index (χ1v) is 2.33.